The van der Waals surface area contributed by atoms with Gasteiger partial charge in [-0.2, -0.15) is 0 Å². The van der Waals surface area contributed by atoms with Crippen LogP contribution in [0.5, 0.6) is 11.5 Å². The number of methoxy groups -OCH3 is 2. The van der Waals surface area contributed by atoms with Crippen LogP contribution in [0.25, 0.3) is 11.1 Å². The molecule has 1 aliphatic carbocycles. The van der Waals surface area contributed by atoms with Crippen molar-refractivity contribution in [2.45, 2.75) is 13.0 Å². The van der Waals surface area contributed by atoms with Gasteiger partial charge in [-0.3, -0.25) is 9.59 Å². The molecule has 5 nitrogen and oxygen atoms in total. The van der Waals surface area contributed by atoms with Gasteiger partial charge in [-0.05, 0) is 52.9 Å². The molecule has 0 unspecified atom stereocenters. The number of rotatable bonds is 3. The number of hydrogen-bond donors (Lipinski definition) is 0. The van der Waals surface area contributed by atoms with Crippen molar-refractivity contribution in [3.8, 4) is 22.6 Å². The normalized spacial score (nSPS) is 14.1. The lowest BCUT2D eigenvalue weighted by molar-refractivity contribution is 0.0734. The molecular weight excluding hydrogens is 378 g/mol. The van der Waals surface area contributed by atoms with E-state index in [1.54, 1.807) is 20.3 Å². The molecule has 0 saturated carbocycles. The van der Waals surface area contributed by atoms with E-state index in [1.807, 2.05) is 53.4 Å². The zero-order valence-corrected chi connectivity index (χ0v) is 16.9. The summed E-state index contributed by atoms with van der Waals surface area (Å²) in [5.41, 5.74) is 5.89. The molecule has 5 heteroatoms. The molecule has 5 rings (SSSR count). The Bertz CT molecular complexity index is 1200. The molecule has 1 aliphatic heterocycles. The number of benzene rings is 3. The number of fused-ring (bicyclic) bond motifs is 4. The average Bonchev–Trinajstić information content (AvgIpc) is 3.09. The van der Waals surface area contributed by atoms with E-state index in [1.165, 1.54) is 0 Å². The van der Waals surface area contributed by atoms with Crippen molar-refractivity contribution >= 4 is 11.7 Å². The predicted octanol–water partition coefficient (Wildman–Crippen LogP) is 4.11. The van der Waals surface area contributed by atoms with Gasteiger partial charge < -0.3 is 14.4 Å². The van der Waals surface area contributed by atoms with Crippen LogP contribution in [0.1, 0.15) is 37.4 Å². The molecule has 30 heavy (non-hydrogen) atoms. The second-order valence-electron chi connectivity index (χ2n) is 7.59. The number of carbonyl (C=O) groups excluding carboxylic acids is 2. The lowest BCUT2D eigenvalue weighted by atomic mass is 9.97. The van der Waals surface area contributed by atoms with E-state index < -0.39 is 0 Å². The van der Waals surface area contributed by atoms with Crippen LogP contribution in [-0.2, 0) is 13.0 Å². The molecule has 0 saturated heterocycles. The van der Waals surface area contributed by atoms with Gasteiger partial charge >= 0.3 is 0 Å². The second kappa shape index (κ2) is 7.02. The van der Waals surface area contributed by atoms with Crippen LogP contribution in [-0.4, -0.2) is 37.4 Å². The smallest absolute Gasteiger partial charge is 0.254 e. The molecule has 0 fully saturated rings. The van der Waals surface area contributed by atoms with Gasteiger partial charge in [-0.25, -0.2) is 0 Å². The predicted molar refractivity (Wildman–Crippen MR) is 113 cm³/mol. The Hall–Kier alpha value is -3.60. The average molecular weight is 399 g/mol. The summed E-state index contributed by atoms with van der Waals surface area (Å²) in [5.74, 6) is 1.28. The maximum atomic E-state index is 13.2. The molecule has 0 spiro atoms. The summed E-state index contributed by atoms with van der Waals surface area (Å²) in [5, 5.41) is 0. The van der Waals surface area contributed by atoms with Crippen LogP contribution in [0.2, 0.25) is 0 Å². The highest BCUT2D eigenvalue weighted by Gasteiger charge is 2.29. The van der Waals surface area contributed by atoms with Crippen LogP contribution in [0.3, 0.4) is 0 Å². The van der Waals surface area contributed by atoms with Crippen molar-refractivity contribution in [2.24, 2.45) is 0 Å². The number of carbonyl (C=O) groups is 2. The van der Waals surface area contributed by atoms with Crippen molar-refractivity contribution < 1.29 is 19.1 Å². The number of hydrogen-bond acceptors (Lipinski definition) is 4. The van der Waals surface area contributed by atoms with E-state index in [0.29, 0.717) is 41.3 Å². The number of nitrogens with zero attached hydrogens (tertiary/aromatic N) is 1. The largest absolute Gasteiger partial charge is 0.493 e. The summed E-state index contributed by atoms with van der Waals surface area (Å²) < 4.78 is 10.8. The van der Waals surface area contributed by atoms with E-state index in [4.69, 9.17) is 9.47 Å². The molecular formula is C25H21NO4. The number of amides is 1. The van der Waals surface area contributed by atoms with Crippen LogP contribution in [0.4, 0.5) is 0 Å². The first-order valence-corrected chi connectivity index (χ1v) is 9.92. The van der Waals surface area contributed by atoms with Crippen molar-refractivity contribution in [1.82, 2.24) is 4.90 Å². The highest BCUT2D eigenvalue weighted by molar-refractivity contribution is 6.22. The van der Waals surface area contributed by atoms with Crippen molar-refractivity contribution in [1.29, 1.82) is 0 Å². The van der Waals surface area contributed by atoms with Gasteiger partial charge in [0.25, 0.3) is 5.91 Å². The first-order chi connectivity index (χ1) is 14.6. The summed E-state index contributed by atoms with van der Waals surface area (Å²) in [6, 6.07) is 16.9. The minimum absolute atomic E-state index is 0.0175. The Labute approximate surface area is 174 Å². The fourth-order valence-corrected chi connectivity index (χ4v) is 4.40. The molecule has 0 N–H and O–H groups in total. The highest BCUT2D eigenvalue weighted by Crippen LogP contribution is 2.37. The summed E-state index contributed by atoms with van der Waals surface area (Å²) in [4.78, 5) is 27.8. The van der Waals surface area contributed by atoms with Crippen molar-refractivity contribution in [2.75, 3.05) is 20.8 Å². The summed E-state index contributed by atoms with van der Waals surface area (Å²) >= 11 is 0. The van der Waals surface area contributed by atoms with E-state index in [9.17, 15) is 9.59 Å². The third-order valence-corrected chi connectivity index (χ3v) is 5.98. The van der Waals surface area contributed by atoms with Crippen LogP contribution in [0, 0.1) is 0 Å². The fraction of sp³-hybridized carbons (Fsp3) is 0.200. The lowest BCUT2D eigenvalue weighted by Gasteiger charge is -2.30. The molecule has 3 aromatic carbocycles. The van der Waals surface area contributed by atoms with Crippen LogP contribution in [0.15, 0.2) is 54.6 Å². The van der Waals surface area contributed by atoms with E-state index >= 15 is 0 Å². The second-order valence-corrected chi connectivity index (χ2v) is 7.59. The Morgan fingerprint density at radius 1 is 0.833 bits per heavy atom. The van der Waals surface area contributed by atoms with Gasteiger partial charge in [0, 0.05) is 29.8 Å². The first kappa shape index (κ1) is 18.4. The molecule has 0 atom stereocenters. The standard InChI is InChI=1S/C25H21NO4/c1-29-22-12-15-9-10-26(14-17(15)13-23(22)30-2)25(28)16-7-8-19-18-5-3-4-6-20(18)24(27)21(19)11-16/h3-8,11-13H,9-10,14H2,1-2H3. The van der Waals surface area contributed by atoms with Crippen LogP contribution >= 0.6 is 0 Å². The fourth-order valence-electron chi connectivity index (χ4n) is 4.40. The monoisotopic (exact) mass is 399 g/mol. The van der Waals surface area contributed by atoms with Gasteiger partial charge in [0.15, 0.2) is 17.3 Å². The van der Waals surface area contributed by atoms with E-state index in [2.05, 4.69) is 0 Å². The zero-order chi connectivity index (χ0) is 20.8. The summed E-state index contributed by atoms with van der Waals surface area (Å²) in [6.07, 6.45) is 0.747. The molecule has 2 aliphatic rings. The maximum Gasteiger partial charge on any atom is 0.254 e. The third kappa shape index (κ3) is 2.77. The molecule has 3 aromatic rings. The van der Waals surface area contributed by atoms with Gasteiger partial charge in [-0.15, -0.1) is 0 Å². The molecule has 0 radical (unpaired) electrons. The minimum atomic E-state index is -0.0676. The maximum absolute atomic E-state index is 13.2. The Balaban J connectivity index is 1.44. The van der Waals surface area contributed by atoms with Gasteiger partial charge in [0.1, 0.15) is 0 Å². The first-order valence-electron chi connectivity index (χ1n) is 9.92. The zero-order valence-electron chi connectivity index (χ0n) is 16.9. The summed E-state index contributed by atoms with van der Waals surface area (Å²) in [7, 11) is 3.23. The third-order valence-electron chi connectivity index (χ3n) is 5.98. The Kier molecular flexibility index (Phi) is 4.31. The summed E-state index contributed by atoms with van der Waals surface area (Å²) in [6.45, 7) is 1.12. The molecule has 1 heterocycles. The Morgan fingerprint density at radius 3 is 2.23 bits per heavy atom. The number of ether oxygens (including phenoxy) is 2. The highest BCUT2D eigenvalue weighted by atomic mass is 16.5. The van der Waals surface area contributed by atoms with Gasteiger partial charge in [-0.1, -0.05) is 30.3 Å². The minimum Gasteiger partial charge on any atom is -0.493 e. The number of ketones is 1. The van der Waals surface area contributed by atoms with Gasteiger partial charge in [0.2, 0.25) is 0 Å². The van der Waals surface area contributed by atoms with Crippen LogP contribution < -0.4 is 9.47 Å². The van der Waals surface area contributed by atoms with E-state index in [-0.39, 0.29) is 11.7 Å². The Morgan fingerprint density at radius 2 is 1.50 bits per heavy atom. The molecule has 1 amide bonds. The molecule has 150 valence electrons. The SMILES string of the molecule is COc1cc2c(cc1OC)CN(C(=O)c1ccc3c(c1)C(=O)c1ccccc1-3)CC2. The lowest BCUT2D eigenvalue weighted by Crippen LogP contribution is -2.36. The van der Waals surface area contributed by atoms with Gasteiger partial charge in [0.05, 0.1) is 14.2 Å². The van der Waals surface area contributed by atoms with Crippen molar-refractivity contribution in [3.05, 3.63) is 82.4 Å². The van der Waals surface area contributed by atoms with E-state index in [0.717, 1.165) is 28.7 Å². The topological polar surface area (TPSA) is 55.8 Å². The molecule has 0 bridgehead atoms. The molecule has 0 aromatic heterocycles. The van der Waals surface area contributed by atoms with Crippen molar-refractivity contribution in [3.63, 3.8) is 0 Å². The quantitative estimate of drug-likeness (QED) is 0.520.